The van der Waals surface area contributed by atoms with Gasteiger partial charge in [-0.2, -0.15) is 24.9 Å². The van der Waals surface area contributed by atoms with E-state index in [1.165, 1.54) is 12.2 Å². The molecule has 1 unspecified atom stereocenters. The fourth-order valence-corrected chi connectivity index (χ4v) is 3.27. The Morgan fingerprint density at radius 1 is 1.40 bits per heavy atom. The van der Waals surface area contributed by atoms with Gasteiger partial charge in [-0.3, -0.25) is 4.99 Å². The summed E-state index contributed by atoms with van der Waals surface area (Å²) in [5, 5.41) is 9.23. The second-order valence-electron chi connectivity index (χ2n) is 5.25. The van der Waals surface area contributed by atoms with Gasteiger partial charge in [-0.1, -0.05) is 0 Å². The van der Waals surface area contributed by atoms with E-state index in [0.29, 0.717) is 25.1 Å². The second-order valence-corrected chi connectivity index (χ2v) is 6.40. The predicted octanol–water partition coefficient (Wildman–Crippen LogP) is 2.59. The summed E-state index contributed by atoms with van der Waals surface area (Å²) < 4.78 is 37.7. The number of aromatic nitrogens is 2. The maximum atomic E-state index is 12.6. The number of nitrogens with one attached hydrogen (secondary N) is 3. The van der Waals surface area contributed by atoms with Gasteiger partial charge in [0.05, 0.1) is 0 Å². The maximum absolute atomic E-state index is 12.6. The molecule has 0 amide bonds. The Hall–Kier alpha value is -0.980. The van der Waals surface area contributed by atoms with Gasteiger partial charge in [-0.05, 0) is 24.7 Å². The van der Waals surface area contributed by atoms with Gasteiger partial charge in [0.1, 0.15) is 5.69 Å². The zero-order chi connectivity index (χ0) is 17.4. The van der Waals surface area contributed by atoms with Gasteiger partial charge in [0.15, 0.2) is 5.96 Å². The summed E-state index contributed by atoms with van der Waals surface area (Å²) in [4.78, 5) is 11.4. The maximum Gasteiger partial charge on any atom is 0.433 e. The van der Waals surface area contributed by atoms with E-state index in [1.54, 1.807) is 7.05 Å². The Bertz CT molecular complexity index is 552. The van der Waals surface area contributed by atoms with Crippen LogP contribution in [0, 0.1) is 0 Å². The summed E-state index contributed by atoms with van der Waals surface area (Å²) in [7, 11) is 1.69. The van der Waals surface area contributed by atoms with Crippen LogP contribution in [0.5, 0.6) is 0 Å². The first-order valence-electron chi connectivity index (χ1n) is 7.68. The smallest absolute Gasteiger partial charge is 0.355 e. The molecule has 1 atom stereocenters. The number of hydrogen-bond donors (Lipinski definition) is 3. The molecule has 0 spiro atoms. The van der Waals surface area contributed by atoms with Gasteiger partial charge in [0, 0.05) is 38.1 Å². The van der Waals surface area contributed by atoms with E-state index in [0.717, 1.165) is 24.4 Å². The molecular weight excluding hydrogens is 468 g/mol. The highest BCUT2D eigenvalue weighted by molar-refractivity contribution is 14.0. The summed E-state index contributed by atoms with van der Waals surface area (Å²) in [6.45, 7) is 0.862. The van der Waals surface area contributed by atoms with Crippen molar-refractivity contribution in [3.8, 4) is 0 Å². The van der Waals surface area contributed by atoms with Crippen LogP contribution in [0.15, 0.2) is 17.3 Å². The zero-order valence-corrected chi connectivity index (χ0v) is 16.9. The van der Waals surface area contributed by atoms with Crippen LogP contribution in [0.2, 0.25) is 0 Å². The first-order valence-corrected chi connectivity index (χ1v) is 8.83. The summed E-state index contributed by atoms with van der Waals surface area (Å²) in [6, 6.07) is 1.24. The average Bonchev–Trinajstić information content (AvgIpc) is 2.58. The highest BCUT2D eigenvalue weighted by atomic mass is 127. The van der Waals surface area contributed by atoms with E-state index in [4.69, 9.17) is 0 Å². The molecular formula is C14H22F3IN6S. The zero-order valence-electron chi connectivity index (χ0n) is 13.8. The number of nitrogens with zero attached hydrogens (tertiary/aromatic N) is 3. The molecule has 11 heteroatoms. The Balaban J connectivity index is 0.00000312. The average molecular weight is 490 g/mol. The van der Waals surface area contributed by atoms with Crippen molar-refractivity contribution in [1.29, 1.82) is 0 Å². The van der Waals surface area contributed by atoms with Crippen LogP contribution in [0.25, 0.3) is 0 Å². The Labute approximate surface area is 166 Å². The van der Waals surface area contributed by atoms with Crippen LogP contribution in [0.4, 0.5) is 19.1 Å². The molecule has 1 aromatic rings. The molecule has 6 nitrogen and oxygen atoms in total. The molecule has 2 rings (SSSR count). The molecule has 0 bridgehead atoms. The number of alkyl halides is 3. The lowest BCUT2D eigenvalue weighted by molar-refractivity contribution is -0.141. The fraction of sp³-hybridized carbons (Fsp3) is 0.643. The lowest BCUT2D eigenvalue weighted by Gasteiger charge is -2.24. The summed E-state index contributed by atoms with van der Waals surface area (Å²) in [5.74, 6) is 2.90. The number of guanidine groups is 1. The first-order chi connectivity index (χ1) is 11.5. The van der Waals surface area contributed by atoms with Crippen LogP contribution in [-0.2, 0) is 6.18 Å². The molecule has 142 valence electrons. The highest BCUT2D eigenvalue weighted by Crippen LogP contribution is 2.27. The number of aliphatic imine (C=N–C) groups is 1. The third-order valence-corrected chi connectivity index (χ3v) is 4.59. The second kappa shape index (κ2) is 10.9. The van der Waals surface area contributed by atoms with Gasteiger partial charge in [0.25, 0.3) is 0 Å². The Morgan fingerprint density at radius 3 is 2.84 bits per heavy atom. The van der Waals surface area contributed by atoms with Crippen molar-refractivity contribution < 1.29 is 13.2 Å². The molecule has 3 N–H and O–H groups in total. The number of halogens is 4. The lowest BCUT2D eigenvalue weighted by Crippen LogP contribution is -2.46. The number of thioether (sulfide) groups is 1. The number of anilines is 1. The van der Waals surface area contributed by atoms with Crippen molar-refractivity contribution in [2.24, 2.45) is 4.99 Å². The molecule has 2 heterocycles. The van der Waals surface area contributed by atoms with Crippen molar-refractivity contribution in [3.05, 3.63) is 18.0 Å². The van der Waals surface area contributed by atoms with E-state index < -0.39 is 11.9 Å². The molecule has 1 aliphatic rings. The Kier molecular flexibility index (Phi) is 9.61. The molecule has 1 aromatic heterocycles. The van der Waals surface area contributed by atoms with Crippen molar-refractivity contribution in [3.63, 3.8) is 0 Å². The van der Waals surface area contributed by atoms with Crippen molar-refractivity contribution >= 4 is 47.6 Å². The molecule has 25 heavy (non-hydrogen) atoms. The minimum absolute atomic E-state index is 0. The molecule has 1 fully saturated rings. The molecule has 1 saturated heterocycles. The Morgan fingerprint density at radius 2 is 2.20 bits per heavy atom. The van der Waals surface area contributed by atoms with E-state index in [1.807, 2.05) is 11.8 Å². The van der Waals surface area contributed by atoms with Crippen LogP contribution >= 0.6 is 35.7 Å². The largest absolute Gasteiger partial charge is 0.433 e. The van der Waals surface area contributed by atoms with Gasteiger partial charge in [-0.25, -0.2) is 9.97 Å². The SMILES string of the molecule is CN=C(NCCNc1nccc(C(F)(F)F)n1)NC1CCCSC1.I. The quantitative estimate of drug-likeness (QED) is 0.255. The van der Waals surface area contributed by atoms with Crippen LogP contribution in [-0.4, -0.2) is 53.6 Å². The topological polar surface area (TPSA) is 74.2 Å². The molecule has 0 radical (unpaired) electrons. The molecule has 0 aromatic carbocycles. The van der Waals surface area contributed by atoms with E-state index in [9.17, 15) is 13.2 Å². The number of rotatable bonds is 5. The molecule has 0 aliphatic carbocycles. The van der Waals surface area contributed by atoms with Gasteiger partial charge < -0.3 is 16.0 Å². The van der Waals surface area contributed by atoms with Gasteiger partial charge in [-0.15, -0.1) is 24.0 Å². The highest BCUT2D eigenvalue weighted by Gasteiger charge is 2.32. The summed E-state index contributed by atoms with van der Waals surface area (Å²) in [6.07, 6.45) is -1.08. The van der Waals surface area contributed by atoms with Crippen molar-refractivity contribution in [2.45, 2.75) is 25.1 Å². The van der Waals surface area contributed by atoms with Gasteiger partial charge >= 0.3 is 6.18 Å². The van der Waals surface area contributed by atoms with Crippen LogP contribution in [0.3, 0.4) is 0 Å². The fourth-order valence-electron chi connectivity index (χ4n) is 2.20. The van der Waals surface area contributed by atoms with E-state index in [2.05, 4.69) is 30.9 Å². The lowest BCUT2D eigenvalue weighted by atomic mass is 10.2. The van der Waals surface area contributed by atoms with E-state index >= 15 is 0 Å². The first kappa shape index (κ1) is 22.1. The third kappa shape index (κ3) is 7.84. The monoisotopic (exact) mass is 490 g/mol. The third-order valence-electron chi connectivity index (χ3n) is 3.37. The van der Waals surface area contributed by atoms with Crippen LogP contribution in [0.1, 0.15) is 18.5 Å². The minimum atomic E-state index is -4.47. The standard InChI is InChI=1S/C14H21F3N6S.HI/c1-18-12(22-10-3-2-8-24-9-10)20-6-7-21-13-19-5-4-11(23-13)14(15,16)17;/h4-5,10H,2-3,6-9H2,1H3,(H2,18,20,22)(H,19,21,23);1H. The molecule has 0 saturated carbocycles. The van der Waals surface area contributed by atoms with Gasteiger partial charge in [0.2, 0.25) is 5.95 Å². The minimum Gasteiger partial charge on any atom is -0.355 e. The number of hydrogen-bond acceptors (Lipinski definition) is 5. The van der Waals surface area contributed by atoms with Crippen molar-refractivity contribution in [1.82, 2.24) is 20.6 Å². The predicted molar refractivity (Wildman–Crippen MR) is 106 cm³/mol. The van der Waals surface area contributed by atoms with E-state index in [-0.39, 0.29) is 29.9 Å². The summed E-state index contributed by atoms with van der Waals surface area (Å²) >= 11 is 1.92. The normalized spacial score (nSPS) is 18.2. The van der Waals surface area contributed by atoms with Crippen LogP contribution < -0.4 is 16.0 Å². The molecule has 1 aliphatic heterocycles. The van der Waals surface area contributed by atoms with Crippen molar-refractivity contribution in [2.75, 3.05) is 37.0 Å². The summed E-state index contributed by atoms with van der Waals surface area (Å²) in [5.41, 5.74) is -0.958.